The van der Waals surface area contributed by atoms with Crippen LogP contribution in [0.2, 0.25) is 5.02 Å². The van der Waals surface area contributed by atoms with E-state index >= 15 is 0 Å². The molecule has 3 heteroatoms. The van der Waals surface area contributed by atoms with Gasteiger partial charge in [-0.3, -0.25) is 0 Å². The van der Waals surface area contributed by atoms with Crippen molar-refractivity contribution in [2.24, 2.45) is 0 Å². The highest BCUT2D eigenvalue weighted by Gasteiger charge is 2.30. The maximum atomic E-state index is 6.52. The van der Waals surface area contributed by atoms with Gasteiger partial charge in [0.25, 0.3) is 0 Å². The van der Waals surface area contributed by atoms with E-state index in [0.717, 1.165) is 23.7 Å². The van der Waals surface area contributed by atoms with E-state index in [-0.39, 0.29) is 0 Å². The molecular weight excluding hydrogens is 330 g/mol. The highest BCUT2D eigenvalue weighted by Crippen LogP contribution is 2.33. The van der Waals surface area contributed by atoms with Gasteiger partial charge in [0.15, 0.2) is 0 Å². The molecular formula is C22H29ClNO+. The Labute approximate surface area is 156 Å². The topological polar surface area (TPSA) is 13.7 Å². The minimum absolute atomic E-state index is 0.447. The number of ether oxygens (including phenoxy) is 1. The normalized spacial score (nSPS) is 18.5. The molecule has 1 atom stereocenters. The molecule has 0 unspecified atom stereocenters. The number of likely N-dealkylation sites (tertiary alicyclic amines) is 1. The number of benzene rings is 2. The molecule has 0 radical (unpaired) electrons. The van der Waals surface area contributed by atoms with Crippen molar-refractivity contribution < 1.29 is 9.64 Å². The van der Waals surface area contributed by atoms with Crippen molar-refractivity contribution >= 4 is 11.6 Å². The van der Waals surface area contributed by atoms with Gasteiger partial charge in [0.2, 0.25) is 0 Å². The molecule has 134 valence electrons. The average Bonchev–Trinajstić information content (AvgIpc) is 2.92. The zero-order valence-electron chi connectivity index (χ0n) is 15.1. The van der Waals surface area contributed by atoms with Crippen LogP contribution in [0, 0.1) is 0 Å². The summed E-state index contributed by atoms with van der Waals surface area (Å²) in [4.78, 5) is 1.68. The molecule has 2 nitrogen and oxygen atoms in total. The van der Waals surface area contributed by atoms with Gasteiger partial charge in [-0.1, -0.05) is 54.1 Å². The Bertz CT molecular complexity index is 635. The van der Waals surface area contributed by atoms with Crippen LogP contribution in [0.15, 0.2) is 54.6 Å². The maximum absolute atomic E-state index is 6.52. The molecule has 25 heavy (non-hydrogen) atoms. The van der Waals surface area contributed by atoms with Gasteiger partial charge in [-0.15, -0.1) is 0 Å². The molecule has 1 N–H and O–H groups in total. The van der Waals surface area contributed by atoms with Crippen LogP contribution in [0.25, 0.3) is 0 Å². The molecule has 2 aromatic rings. The fourth-order valence-electron chi connectivity index (χ4n) is 3.74. The second-order valence-corrected chi connectivity index (χ2v) is 7.61. The quantitative estimate of drug-likeness (QED) is 0.821. The molecule has 0 saturated carbocycles. The Morgan fingerprint density at radius 2 is 1.48 bits per heavy atom. The number of hydrogen-bond donors (Lipinski definition) is 1. The van der Waals surface area contributed by atoms with Crippen LogP contribution in [0.5, 0.6) is 0 Å². The van der Waals surface area contributed by atoms with Crippen molar-refractivity contribution in [1.82, 2.24) is 0 Å². The first-order valence-electron chi connectivity index (χ1n) is 9.47. The fraction of sp³-hybridized carbons (Fsp3) is 0.455. The smallest absolute Gasteiger partial charge is 0.116 e. The first kappa shape index (κ1) is 18.4. The third-order valence-electron chi connectivity index (χ3n) is 5.38. The van der Waals surface area contributed by atoms with E-state index in [4.69, 9.17) is 16.3 Å². The van der Waals surface area contributed by atoms with Gasteiger partial charge in [-0.2, -0.15) is 0 Å². The highest BCUT2D eigenvalue weighted by atomic mass is 35.5. The fourth-order valence-corrected chi connectivity index (χ4v) is 3.86. The second-order valence-electron chi connectivity index (χ2n) is 7.17. The van der Waals surface area contributed by atoms with E-state index < -0.39 is 5.60 Å². The first-order valence-corrected chi connectivity index (χ1v) is 9.85. The predicted octanol–water partition coefficient (Wildman–Crippen LogP) is 4.08. The van der Waals surface area contributed by atoms with E-state index in [1.807, 2.05) is 18.2 Å². The van der Waals surface area contributed by atoms with Crippen LogP contribution < -0.4 is 4.90 Å². The van der Waals surface area contributed by atoms with E-state index in [0.29, 0.717) is 0 Å². The second kappa shape index (κ2) is 8.84. The molecule has 1 heterocycles. The number of rotatable bonds is 6. The van der Waals surface area contributed by atoms with Crippen LogP contribution in [0.4, 0.5) is 0 Å². The van der Waals surface area contributed by atoms with Gasteiger partial charge in [0.05, 0.1) is 19.7 Å². The van der Waals surface area contributed by atoms with E-state index in [1.165, 1.54) is 44.3 Å². The van der Waals surface area contributed by atoms with Crippen LogP contribution in [0.3, 0.4) is 0 Å². The number of hydrogen-bond acceptors (Lipinski definition) is 1. The lowest BCUT2D eigenvalue weighted by Gasteiger charge is -2.32. The Hall–Kier alpha value is -1.35. The largest absolute Gasteiger partial charge is 0.360 e. The molecule has 0 aliphatic carbocycles. The zero-order valence-corrected chi connectivity index (χ0v) is 15.9. The SMILES string of the molecule is C[C@](OCC[NH+]1CCCCCC1)(c1ccccc1)c1ccc(Cl)cc1. The van der Waals surface area contributed by atoms with Crippen molar-refractivity contribution in [2.75, 3.05) is 26.2 Å². The summed E-state index contributed by atoms with van der Waals surface area (Å²) in [5, 5.41) is 0.758. The van der Waals surface area contributed by atoms with Crippen LogP contribution >= 0.6 is 11.6 Å². The molecule has 0 amide bonds. The van der Waals surface area contributed by atoms with Crippen LogP contribution in [0.1, 0.15) is 43.7 Å². The number of halogens is 1. The number of quaternary nitrogens is 1. The Balaban J connectivity index is 1.73. The zero-order chi connectivity index (χ0) is 17.5. The molecule has 1 fully saturated rings. The lowest BCUT2D eigenvalue weighted by atomic mass is 9.88. The van der Waals surface area contributed by atoms with Crippen molar-refractivity contribution in [3.8, 4) is 0 Å². The van der Waals surface area contributed by atoms with Crippen molar-refractivity contribution in [2.45, 2.75) is 38.2 Å². The summed E-state index contributed by atoms with van der Waals surface area (Å²) in [7, 11) is 0. The molecule has 0 spiro atoms. The van der Waals surface area contributed by atoms with Crippen molar-refractivity contribution in [3.05, 3.63) is 70.7 Å². The molecule has 2 aromatic carbocycles. The first-order chi connectivity index (χ1) is 12.2. The van der Waals surface area contributed by atoms with Gasteiger partial charge in [0, 0.05) is 5.02 Å². The average molecular weight is 359 g/mol. The van der Waals surface area contributed by atoms with Crippen LogP contribution in [-0.2, 0) is 10.3 Å². The molecule has 0 bridgehead atoms. The van der Waals surface area contributed by atoms with Gasteiger partial charge in [-0.05, 0) is 55.9 Å². The Morgan fingerprint density at radius 3 is 2.12 bits per heavy atom. The minimum atomic E-state index is -0.447. The molecule has 0 aromatic heterocycles. The van der Waals surface area contributed by atoms with Crippen molar-refractivity contribution in [3.63, 3.8) is 0 Å². The van der Waals surface area contributed by atoms with Gasteiger partial charge in [0.1, 0.15) is 12.1 Å². The lowest BCUT2D eigenvalue weighted by Crippen LogP contribution is -3.12. The molecule has 1 aliphatic rings. The minimum Gasteiger partial charge on any atom is -0.360 e. The summed E-state index contributed by atoms with van der Waals surface area (Å²) in [6.07, 6.45) is 5.47. The molecule has 1 saturated heterocycles. The monoisotopic (exact) mass is 358 g/mol. The number of nitrogens with one attached hydrogen (secondary N) is 1. The highest BCUT2D eigenvalue weighted by molar-refractivity contribution is 6.30. The summed E-state index contributed by atoms with van der Waals surface area (Å²) < 4.78 is 6.52. The van der Waals surface area contributed by atoms with Crippen molar-refractivity contribution in [1.29, 1.82) is 0 Å². The van der Waals surface area contributed by atoms with Gasteiger partial charge < -0.3 is 9.64 Å². The molecule has 1 aliphatic heterocycles. The Kier molecular flexibility index (Phi) is 6.52. The van der Waals surface area contributed by atoms with Gasteiger partial charge >= 0.3 is 0 Å². The third kappa shape index (κ3) is 4.84. The van der Waals surface area contributed by atoms with E-state index in [1.54, 1.807) is 4.90 Å². The summed E-state index contributed by atoms with van der Waals surface area (Å²) >= 11 is 6.08. The van der Waals surface area contributed by atoms with Crippen LogP contribution in [-0.4, -0.2) is 26.2 Å². The van der Waals surface area contributed by atoms with Gasteiger partial charge in [-0.25, -0.2) is 0 Å². The summed E-state index contributed by atoms with van der Waals surface area (Å²) in [5.41, 5.74) is 1.88. The van der Waals surface area contributed by atoms with E-state index in [9.17, 15) is 0 Å². The molecule has 3 rings (SSSR count). The Morgan fingerprint density at radius 1 is 0.880 bits per heavy atom. The third-order valence-corrected chi connectivity index (χ3v) is 5.63. The lowest BCUT2D eigenvalue weighted by molar-refractivity contribution is -0.899. The maximum Gasteiger partial charge on any atom is 0.116 e. The standard InChI is InChI=1S/C22H28ClNO/c1-22(19-9-5-4-6-10-19,20-11-13-21(23)14-12-20)25-18-17-24-15-7-2-3-8-16-24/h4-6,9-14H,2-3,7-8,15-18H2,1H3/p+1/t22-/m0/s1. The summed E-state index contributed by atoms with van der Waals surface area (Å²) in [6.45, 7) is 6.58. The summed E-state index contributed by atoms with van der Waals surface area (Å²) in [6, 6.07) is 18.5. The predicted molar refractivity (Wildman–Crippen MR) is 104 cm³/mol. The van der Waals surface area contributed by atoms with E-state index in [2.05, 4.69) is 43.3 Å². The summed E-state index contributed by atoms with van der Waals surface area (Å²) in [5.74, 6) is 0.